The first-order valence-electron chi connectivity index (χ1n) is 16.0. The van der Waals surface area contributed by atoms with Crippen molar-refractivity contribution in [2.45, 2.75) is 25.7 Å². The molecule has 0 bridgehead atoms. The molecule has 0 unspecified atom stereocenters. The molecule has 4 aromatic carbocycles. The van der Waals surface area contributed by atoms with Crippen LogP contribution in [0.2, 0.25) is 0 Å². The van der Waals surface area contributed by atoms with Crippen molar-refractivity contribution in [2.75, 3.05) is 15.1 Å². The Morgan fingerprint density at radius 2 is 1.36 bits per heavy atom. The van der Waals surface area contributed by atoms with Crippen molar-refractivity contribution in [1.29, 1.82) is 0 Å². The van der Waals surface area contributed by atoms with Crippen molar-refractivity contribution in [3.05, 3.63) is 126 Å². The van der Waals surface area contributed by atoms with Gasteiger partial charge in [0.25, 0.3) is 0 Å². The number of carbonyl (C=O) groups excluding carboxylic acids is 4. The fourth-order valence-electron chi connectivity index (χ4n) is 8.56. The van der Waals surface area contributed by atoms with E-state index in [0.29, 0.717) is 23.4 Å². The topological polar surface area (TPSA) is 107 Å². The summed E-state index contributed by atoms with van der Waals surface area (Å²) in [4.78, 5) is 59.5. The highest BCUT2D eigenvalue weighted by molar-refractivity contribution is 6.25. The molecule has 3 fully saturated rings. The van der Waals surface area contributed by atoms with Crippen LogP contribution in [0.15, 0.2) is 121 Å². The van der Waals surface area contributed by atoms with E-state index in [4.69, 9.17) is 0 Å². The van der Waals surface area contributed by atoms with Gasteiger partial charge in [0.15, 0.2) is 0 Å². The second-order valence-corrected chi connectivity index (χ2v) is 13.1. The van der Waals surface area contributed by atoms with Crippen LogP contribution in [0.5, 0.6) is 5.75 Å². The Hall–Kier alpha value is -5.50. The smallest absolute Gasteiger partial charge is 0.241 e. The molecule has 47 heavy (non-hydrogen) atoms. The number of carbonyl (C=O) groups is 4. The zero-order valence-electron chi connectivity index (χ0n) is 25.7. The molecule has 8 nitrogen and oxygen atoms in total. The normalized spacial score (nSPS) is 28.1. The number of anilines is 4. The van der Waals surface area contributed by atoms with Gasteiger partial charge in [-0.25, -0.2) is 4.90 Å². The van der Waals surface area contributed by atoms with Crippen LogP contribution in [-0.2, 0) is 19.2 Å². The maximum Gasteiger partial charge on any atom is 0.241 e. The van der Waals surface area contributed by atoms with Crippen molar-refractivity contribution < 1.29 is 24.3 Å². The first-order valence-corrected chi connectivity index (χ1v) is 16.0. The largest absolute Gasteiger partial charge is 0.508 e. The maximum atomic E-state index is 14.4. The molecule has 4 amide bonds. The molecule has 8 rings (SSSR count). The second-order valence-electron chi connectivity index (χ2n) is 13.1. The highest BCUT2D eigenvalue weighted by atomic mass is 16.3. The lowest BCUT2D eigenvalue weighted by atomic mass is 9.51. The third-order valence-electron chi connectivity index (χ3n) is 10.7. The minimum absolute atomic E-state index is 0.0549. The van der Waals surface area contributed by atoms with Crippen molar-refractivity contribution >= 4 is 46.4 Å². The molecule has 4 aliphatic rings. The Labute approximate surface area is 272 Å². The second kappa shape index (κ2) is 10.8. The molecule has 2 aliphatic carbocycles. The van der Waals surface area contributed by atoms with Gasteiger partial charge < -0.3 is 10.4 Å². The van der Waals surface area contributed by atoms with Crippen LogP contribution in [0.3, 0.4) is 0 Å². The van der Waals surface area contributed by atoms with Crippen LogP contribution in [0.1, 0.15) is 31.2 Å². The SMILES string of the molecule is C[C@@]12C(=O)N(c3ccccc3)C(=O)[C@@H]1C[C@@H]1C(=CC[C@@H]3C(=O)N(c4ccc(Nc5ccccc5)cc4)C(=O)[C@@H]31)[C@@H]2c1cccc(O)c1. The summed E-state index contributed by atoms with van der Waals surface area (Å²) in [5.41, 5.74) is 3.20. The lowest BCUT2D eigenvalue weighted by Gasteiger charge is -2.49. The summed E-state index contributed by atoms with van der Waals surface area (Å²) in [5.74, 6) is -4.01. The van der Waals surface area contributed by atoms with E-state index in [2.05, 4.69) is 5.32 Å². The molecule has 0 radical (unpaired) electrons. The van der Waals surface area contributed by atoms with Gasteiger partial charge in [-0.05, 0) is 91.9 Å². The van der Waals surface area contributed by atoms with Gasteiger partial charge in [-0.15, -0.1) is 0 Å². The fraction of sp³-hybridized carbons (Fsp3) is 0.231. The van der Waals surface area contributed by atoms with Crippen LogP contribution in [-0.4, -0.2) is 28.7 Å². The third-order valence-corrected chi connectivity index (χ3v) is 10.7. The highest BCUT2D eigenvalue weighted by Gasteiger charge is 2.67. The Balaban J connectivity index is 1.17. The van der Waals surface area contributed by atoms with E-state index in [-0.39, 0.29) is 35.8 Å². The van der Waals surface area contributed by atoms with Gasteiger partial charge in [-0.2, -0.15) is 0 Å². The van der Waals surface area contributed by atoms with Gasteiger partial charge in [-0.3, -0.25) is 24.1 Å². The minimum Gasteiger partial charge on any atom is -0.508 e. The summed E-state index contributed by atoms with van der Waals surface area (Å²) in [7, 11) is 0. The number of phenolic OH excluding ortho intramolecular Hbond substituents is 1. The zero-order chi connectivity index (χ0) is 32.4. The quantitative estimate of drug-likeness (QED) is 0.192. The number of amides is 4. The van der Waals surface area contributed by atoms with Gasteiger partial charge in [0, 0.05) is 17.3 Å². The fourth-order valence-corrected chi connectivity index (χ4v) is 8.56. The standard InChI is InChI=1S/C39H33N3O5/c1-39-32(36(45)42(38(39)47)26-12-6-3-7-13-26)22-31-29(34(39)23-9-8-14-28(43)21-23)19-20-30-33(31)37(46)41(35(30)44)27-17-15-25(16-18-27)40-24-10-4-2-5-11-24/h2-19,21,30-34,40,43H,20,22H2,1H3/t30-,31+,32-,33-,34-,39+/m0/s1. The number of phenols is 1. The molecule has 2 aliphatic heterocycles. The van der Waals surface area contributed by atoms with Gasteiger partial charge in [0.2, 0.25) is 23.6 Å². The first-order chi connectivity index (χ1) is 22.8. The summed E-state index contributed by atoms with van der Waals surface area (Å²) >= 11 is 0. The molecule has 6 atom stereocenters. The van der Waals surface area contributed by atoms with Crippen molar-refractivity contribution in [2.24, 2.45) is 29.1 Å². The molecule has 2 heterocycles. The van der Waals surface area contributed by atoms with Crippen LogP contribution in [0, 0.1) is 29.1 Å². The molecule has 2 saturated heterocycles. The summed E-state index contributed by atoms with van der Waals surface area (Å²) in [6, 6.07) is 32.7. The average Bonchev–Trinajstić information content (AvgIpc) is 3.45. The predicted octanol–water partition coefficient (Wildman–Crippen LogP) is 6.57. The number of nitrogens with one attached hydrogen (secondary N) is 1. The number of rotatable bonds is 5. The molecule has 4 aromatic rings. The average molecular weight is 624 g/mol. The number of imide groups is 2. The maximum absolute atomic E-state index is 14.4. The number of aromatic hydroxyl groups is 1. The summed E-state index contributed by atoms with van der Waals surface area (Å²) in [6.07, 6.45) is 2.65. The number of hydrogen-bond acceptors (Lipinski definition) is 6. The Kier molecular flexibility index (Phi) is 6.65. The van der Waals surface area contributed by atoms with Crippen LogP contribution < -0.4 is 15.1 Å². The van der Waals surface area contributed by atoms with Gasteiger partial charge in [0.1, 0.15) is 5.75 Å². The summed E-state index contributed by atoms with van der Waals surface area (Å²) < 4.78 is 0. The minimum atomic E-state index is -1.15. The van der Waals surface area contributed by atoms with Crippen molar-refractivity contribution in [3.8, 4) is 5.75 Å². The van der Waals surface area contributed by atoms with E-state index in [1.807, 2.05) is 67.6 Å². The number of allylic oxidation sites excluding steroid dienone is 2. The van der Waals surface area contributed by atoms with E-state index < -0.39 is 35.0 Å². The third kappa shape index (κ3) is 4.35. The molecule has 0 spiro atoms. The van der Waals surface area contributed by atoms with Gasteiger partial charge >= 0.3 is 0 Å². The van der Waals surface area contributed by atoms with Crippen molar-refractivity contribution in [3.63, 3.8) is 0 Å². The van der Waals surface area contributed by atoms with Crippen LogP contribution >= 0.6 is 0 Å². The summed E-state index contributed by atoms with van der Waals surface area (Å²) in [6.45, 7) is 1.84. The number of fused-ring (bicyclic) bond motifs is 4. The lowest BCUT2D eigenvalue weighted by Crippen LogP contribution is -2.48. The van der Waals surface area contributed by atoms with E-state index in [9.17, 15) is 24.3 Å². The number of benzene rings is 4. The van der Waals surface area contributed by atoms with Crippen LogP contribution in [0.4, 0.5) is 22.7 Å². The Bertz CT molecular complexity index is 1960. The molecular weight excluding hydrogens is 590 g/mol. The molecular formula is C39H33N3O5. The molecule has 1 saturated carbocycles. The monoisotopic (exact) mass is 623 g/mol. The first kappa shape index (κ1) is 28.9. The van der Waals surface area contributed by atoms with Gasteiger partial charge in [-0.1, -0.05) is 60.2 Å². The van der Waals surface area contributed by atoms with E-state index in [0.717, 1.165) is 16.9 Å². The van der Waals surface area contributed by atoms with Crippen LogP contribution in [0.25, 0.3) is 0 Å². The molecule has 2 N–H and O–H groups in total. The molecule has 8 heteroatoms. The molecule has 0 aromatic heterocycles. The lowest BCUT2D eigenvalue weighted by molar-refractivity contribution is -0.131. The summed E-state index contributed by atoms with van der Waals surface area (Å²) in [5, 5.41) is 13.8. The number of hydrogen-bond donors (Lipinski definition) is 2. The Morgan fingerprint density at radius 1 is 0.702 bits per heavy atom. The van der Waals surface area contributed by atoms with E-state index in [1.54, 1.807) is 54.6 Å². The van der Waals surface area contributed by atoms with E-state index >= 15 is 0 Å². The van der Waals surface area contributed by atoms with E-state index in [1.165, 1.54) is 9.80 Å². The van der Waals surface area contributed by atoms with Crippen molar-refractivity contribution in [1.82, 2.24) is 0 Å². The predicted molar refractivity (Wildman–Crippen MR) is 178 cm³/mol. The number of para-hydroxylation sites is 2. The van der Waals surface area contributed by atoms with Gasteiger partial charge in [0.05, 0.1) is 34.5 Å². The highest BCUT2D eigenvalue weighted by Crippen LogP contribution is 2.63. The zero-order valence-corrected chi connectivity index (χ0v) is 25.7. The Morgan fingerprint density at radius 3 is 2.06 bits per heavy atom. The molecule has 234 valence electrons. The number of nitrogens with zero attached hydrogens (tertiary/aromatic N) is 2.